The maximum absolute atomic E-state index is 11.2. The van der Waals surface area contributed by atoms with Gasteiger partial charge in [0.1, 0.15) is 17.2 Å². The standard InChI is InChI=1S/C12H12O5/c1-14-6-3-8(15-2)11-7-5-10(13)17-12(7)16-9(11)4-6/h3-4,7,12H,5H2,1-2H3/t7-,12-/m1/s1. The van der Waals surface area contributed by atoms with Gasteiger partial charge in [0.05, 0.1) is 26.6 Å². The van der Waals surface area contributed by atoms with Gasteiger partial charge in [0.15, 0.2) is 0 Å². The van der Waals surface area contributed by atoms with Crippen LogP contribution in [0.3, 0.4) is 0 Å². The lowest BCUT2D eigenvalue weighted by Gasteiger charge is -2.10. The third-order valence-electron chi connectivity index (χ3n) is 3.11. The van der Waals surface area contributed by atoms with Crippen molar-refractivity contribution in [1.29, 1.82) is 0 Å². The number of carbonyl (C=O) groups excluding carboxylic acids is 1. The van der Waals surface area contributed by atoms with E-state index < -0.39 is 6.29 Å². The average Bonchev–Trinajstić information content (AvgIpc) is 2.82. The Kier molecular flexibility index (Phi) is 2.14. The van der Waals surface area contributed by atoms with Gasteiger partial charge >= 0.3 is 5.97 Å². The van der Waals surface area contributed by atoms with E-state index in [9.17, 15) is 4.79 Å². The number of ether oxygens (including phenoxy) is 4. The fraction of sp³-hybridized carbons (Fsp3) is 0.417. The molecule has 0 spiro atoms. The Morgan fingerprint density at radius 1 is 1.24 bits per heavy atom. The van der Waals surface area contributed by atoms with Crippen LogP contribution in [-0.2, 0) is 9.53 Å². The number of carbonyl (C=O) groups is 1. The average molecular weight is 236 g/mol. The van der Waals surface area contributed by atoms with E-state index in [1.54, 1.807) is 26.4 Å². The van der Waals surface area contributed by atoms with E-state index in [0.717, 1.165) is 5.56 Å². The molecule has 3 rings (SSSR count). The molecule has 0 saturated carbocycles. The third-order valence-corrected chi connectivity index (χ3v) is 3.11. The molecule has 90 valence electrons. The van der Waals surface area contributed by atoms with Gasteiger partial charge in [-0.15, -0.1) is 0 Å². The molecule has 17 heavy (non-hydrogen) atoms. The molecule has 2 aliphatic heterocycles. The molecule has 5 heteroatoms. The number of esters is 1. The zero-order valence-corrected chi connectivity index (χ0v) is 9.56. The van der Waals surface area contributed by atoms with E-state index in [1.165, 1.54) is 0 Å². The highest BCUT2D eigenvalue weighted by molar-refractivity contribution is 5.75. The smallest absolute Gasteiger partial charge is 0.309 e. The van der Waals surface area contributed by atoms with Crippen LogP contribution in [0.5, 0.6) is 17.2 Å². The van der Waals surface area contributed by atoms with E-state index in [1.807, 2.05) is 0 Å². The van der Waals surface area contributed by atoms with Crippen LogP contribution in [0.1, 0.15) is 17.9 Å². The van der Waals surface area contributed by atoms with E-state index in [0.29, 0.717) is 23.7 Å². The SMILES string of the molecule is COc1cc(OC)c2c(c1)O[C@@H]1OC(=O)C[C@H]21. The summed E-state index contributed by atoms with van der Waals surface area (Å²) in [6, 6.07) is 3.57. The zero-order chi connectivity index (χ0) is 12.0. The summed E-state index contributed by atoms with van der Waals surface area (Å²) < 4.78 is 21.1. The van der Waals surface area contributed by atoms with Gasteiger partial charge in [-0.1, -0.05) is 0 Å². The minimum Gasteiger partial charge on any atom is -0.496 e. The summed E-state index contributed by atoms with van der Waals surface area (Å²) in [5, 5.41) is 0. The van der Waals surface area contributed by atoms with Crippen molar-refractivity contribution in [2.45, 2.75) is 18.6 Å². The molecule has 5 nitrogen and oxygen atoms in total. The normalized spacial score (nSPS) is 24.7. The molecule has 0 aromatic heterocycles. The minimum absolute atomic E-state index is 0.0710. The fourth-order valence-electron chi connectivity index (χ4n) is 2.33. The molecular formula is C12H12O5. The molecule has 2 heterocycles. The van der Waals surface area contributed by atoms with Gasteiger partial charge in [0, 0.05) is 17.7 Å². The first-order valence-corrected chi connectivity index (χ1v) is 5.35. The highest BCUT2D eigenvalue weighted by Gasteiger charge is 2.46. The predicted molar refractivity (Wildman–Crippen MR) is 57.4 cm³/mol. The van der Waals surface area contributed by atoms with Crippen LogP contribution in [-0.4, -0.2) is 26.5 Å². The van der Waals surface area contributed by atoms with Gasteiger partial charge in [0.25, 0.3) is 6.29 Å². The highest BCUT2D eigenvalue weighted by atomic mass is 16.7. The molecule has 0 aliphatic carbocycles. The summed E-state index contributed by atoms with van der Waals surface area (Å²) in [6.07, 6.45) is -0.182. The lowest BCUT2D eigenvalue weighted by molar-refractivity contribution is -0.150. The van der Waals surface area contributed by atoms with Crippen molar-refractivity contribution in [1.82, 2.24) is 0 Å². The van der Waals surface area contributed by atoms with Crippen molar-refractivity contribution in [3.8, 4) is 17.2 Å². The topological polar surface area (TPSA) is 54.0 Å². The van der Waals surface area contributed by atoms with Gasteiger partial charge in [-0.05, 0) is 0 Å². The van der Waals surface area contributed by atoms with E-state index >= 15 is 0 Å². The van der Waals surface area contributed by atoms with Gasteiger partial charge in [-0.25, -0.2) is 0 Å². The monoisotopic (exact) mass is 236 g/mol. The summed E-state index contributed by atoms with van der Waals surface area (Å²) in [6.45, 7) is 0. The molecule has 2 aliphatic rings. The number of hydrogen-bond donors (Lipinski definition) is 0. The van der Waals surface area contributed by atoms with Gasteiger partial charge in [0.2, 0.25) is 0 Å². The Labute approximate surface area is 98.2 Å². The van der Waals surface area contributed by atoms with Crippen LogP contribution in [0.25, 0.3) is 0 Å². The van der Waals surface area contributed by atoms with Crippen molar-refractivity contribution in [3.63, 3.8) is 0 Å². The minimum atomic E-state index is -0.515. The Morgan fingerprint density at radius 3 is 2.76 bits per heavy atom. The van der Waals surface area contributed by atoms with Gasteiger partial charge in [-0.2, -0.15) is 0 Å². The molecule has 1 aromatic rings. The second kappa shape index (κ2) is 3.55. The van der Waals surface area contributed by atoms with Crippen LogP contribution >= 0.6 is 0 Å². The van der Waals surface area contributed by atoms with Crippen molar-refractivity contribution >= 4 is 5.97 Å². The van der Waals surface area contributed by atoms with Crippen LogP contribution in [0.2, 0.25) is 0 Å². The largest absolute Gasteiger partial charge is 0.496 e. The Balaban J connectivity index is 2.08. The number of hydrogen-bond acceptors (Lipinski definition) is 5. The van der Waals surface area contributed by atoms with E-state index in [4.69, 9.17) is 18.9 Å². The van der Waals surface area contributed by atoms with Crippen molar-refractivity contribution < 1.29 is 23.7 Å². The molecule has 2 atom stereocenters. The van der Waals surface area contributed by atoms with E-state index in [-0.39, 0.29) is 11.9 Å². The second-order valence-corrected chi connectivity index (χ2v) is 4.03. The maximum atomic E-state index is 11.2. The Morgan fingerprint density at radius 2 is 2.06 bits per heavy atom. The molecule has 0 N–H and O–H groups in total. The number of benzene rings is 1. The lowest BCUT2D eigenvalue weighted by Crippen LogP contribution is -2.14. The fourth-order valence-corrected chi connectivity index (χ4v) is 2.33. The highest BCUT2D eigenvalue weighted by Crippen LogP contribution is 2.50. The van der Waals surface area contributed by atoms with Crippen molar-refractivity contribution in [3.05, 3.63) is 17.7 Å². The number of rotatable bonds is 2. The molecule has 1 fully saturated rings. The van der Waals surface area contributed by atoms with Crippen LogP contribution < -0.4 is 14.2 Å². The van der Waals surface area contributed by atoms with Gasteiger partial charge in [-0.3, -0.25) is 4.79 Å². The van der Waals surface area contributed by atoms with Crippen molar-refractivity contribution in [2.24, 2.45) is 0 Å². The van der Waals surface area contributed by atoms with Crippen LogP contribution in [0.4, 0.5) is 0 Å². The Hall–Kier alpha value is -1.91. The zero-order valence-electron chi connectivity index (χ0n) is 9.56. The summed E-state index contributed by atoms with van der Waals surface area (Å²) in [4.78, 5) is 11.2. The van der Waals surface area contributed by atoms with Gasteiger partial charge < -0.3 is 18.9 Å². The summed E-state index contributed by atoms with van der Waals surface area (Å²) in [7, 11) is 3.16. The second-order valence-electron chi connectivity index (χ2n) is 4.03. The Bertz CT molecular complexity index is 482. The molecule has 0 unspecified atom stereocenters. The van der Waals surface area contributed by atoms with E-state index in [2.05, 4.69) is 0 Å². The number of fused-ring (bicyclic) bond motifs is 3. The first-order valence-electron chi connectivity index (χ1n) is 5.35. The molecule has 1 aromatic carbocycles. The summed E-state index contributed by atoms with van der Waals surface area (Å²) in [5.74, 6) is 1.70. The molecule has 0 bridgehead atoms. The molecule has 0 radical (unpaired) electrons. The molecule has 0 amide bonds. The first kappa shape index (κ1) is 10.3. The van der Waals surface area contributed by atoms with Crippen LogP contribution in [0.15, 0.2) is 12.1 Å². The van der Waals surface area contributed by atoms with Crippen molar-refractivity contribution in [2.75, 3.05) is 14.2 Å². The summed E-state index contributed by atoms with van der Waals surface area (Å²) in [5.41, 5.74) is 0.893. The van der Waals surface area contributed by atoms with Crippen LogP contribution in [0, 0.1) is 0 Å². The number of methoxy groups -OCH3 is 2. The third kappa shape index (κ3) is 1.42. The lowest BCUT2D eigenvalue weighted by atomic mass is 9.97. The first-order chi connectivity index (χ1) is 8.22. The quantitative estimate of drug-likeness (QED) is 0.727. The predicted octanol–water partition coefficient (Wildman–Crippen LogP) is 1.45. The molecule has 1 saturated heterocycles. The summed E-state index contributed by atoms with van der Waals surface area (Å²) >= 11 is 0. The molecular weight excluding hydrogens is 224 g/mol. The maximum Gasteiger partial charge on any atom is 0.309 e.